The van der Waals surface area contributed by atoms with Crippen molar-refractivity contribution in [2.45, 2.75) is 6.10 Å². The highest BCUT2D eigenvalue weighted by molar-refractivity contribution is 7.85. The molecule has 128 valence electrons. The average molecular weight is 358 g/mol. The minimum atomic E-state index is -4.27. The van der Waals surface area contributed by atoms with Crippen molar-refractivity contribution in [3.63, 3.8) is 0 Å². The Morgan fingerprint density at radius 3 is 2.75 bits per heavy atom. The van der Waals surface area contributed by atoms with Gasteiger partial charge in [0.25, 0.3) is 10.1 Å². The molecule has 2 bridgehead atoms. The summed E-state index contributed by atoms with van der Waals surface area (Å²) in [5, 5.41) is 0. The van der Waals surface area contributed by atoms with Crippen molar-refractivity contribution in [3.05, 3.63) is 11.1 Å². The standard InChI is InChI=1S/C13H10O10S/c14-12(19-1-2-24(16,17)18)6-7-9-11(23-13(7)15)10(8(6)22-9)21-4-5-3-20-5/h5H,1-4H2,(H,16,17,18). The molecule has 2 aromatic heterocycles. The first-order chi connectivity index (χ1) is 11.3. The van der Waals surface area contributed by atoms with Crippen LogP contribution in [0.5, 0.6) is 11.5 Å². The third-order valence-electron chi connectivity index (χ3n) is 3.52. The van der Waals surface area contributed by atoms with Crippen LogP contribution < -0.4 is 9.47 Å². The molecule has 0 aromatic carbocycles. The van der Waals surface area contributed by atoms with E-state index in [1.165, 1.54) is 0 Å². The van der Waals surface area contributed by atoms with Gasteiger partial charge < -0.3 is 23.4 Å². The summed E-state index contributed by atoms with van der Waals surface area (Å²) in [5.41, 5.74) is -0.174. The molecule has 11 heteroatoms. The minimum Gasteiger partial charge on any atom is -0.483 e. The van der Waals surface area contributed by atoms with Crippen LogP contribution in [0.4, 0.5) is 0 Å². The number of furan rings is 2. The molecule has 4 rings (SSSR count). The molecule has 24 heavy (non-hydrogen) atoms. The Hall–Kier alpha value is -2.37. The zero-order valence-corrected chi connectivity index (χ0v) is 12.8. The van der Waals surface area contributed by atoms with E-state index in [0.29, 0.717) is 6.61 Å². The molecule has 2 aliphatic rings. The predicted octanol–water partition coefficient (Wildman–Crippen LogP) is 0.225. The van der Waals surface area contributed by atoms with Gasteiger partial charge in [0, 0.05) is 0 Å². The summed E-state index contributed by atoms with van der Waals surface area (Å²) in [6.45, 7) is 0.187. The maximum Gasteiger partial charge on any atom is 0.348 e. The molecule has 1 atom stereocenters. The van der Waals surface area contributed by atoms with Crippen molar-refractivity contribution in [2.75, 3.05) is 25.6 Å². The van der Waals surface area contributed by atoms with Crippen molar-refractivity contribution < 1.29 is 45.9 Å². The summed E-state index contributed by atoms with van der Waals surface area (Å²) in [4.78, 5) is 24.1. The molecule has 0 aliphatic carbocycles. The fraction of sp³-hybridized carbons (Fsp3) is 0.385. The van der Waals surface area contributed by atoms with Crippen molar-refractivity contribution in [1.82, 2.24) is 0 Å². The van der Waals surface area contributed by atoms with Gasteiger partial charge >= 0.3 is 11.9 Å². The van der Waals surface area contributed by atoms with Gasteiger partial charge in [0.2, 0.25) is 11.5 Å². The first-order valence-electron chi connectivity index (χ1n) is 6.86. The predicted molar refractivity (Wildman–Crippen MR) is 74.3 cm³/mol. The molecular formula is C13H10O10S. The van der Waals surface area contributed by atoms with E-state index < -0.39 is 34.4 Å². The van der Waals surface area contributed by atoms with E-state index in [4.69, 9.17) is 27.9 Å². The lowest BCUT2D eigenvalue weighted by atomic mass is 10.1. The first kappa shape index (κ1) is 15.2. The molecule has 1 N–H and O–H groups in total. The number of rotatable bonds is 7. The lowest BCUT2D eigenvalue weighted by Gasteiger charge is -2.05. The van der Waals surface area contributed by atoms with E-state index in [0.717, 1.165) is 0 Å². The molecule has 1 fully saturated rings. The van der Waals surface area contributed by atoms with Gasteiger partial charge in [-0.1, -0.05) is 0 Å². The van der Waals surface area contributed by atoms with Crippen LogP contribution >= 0.6 is 0 Å². The number of hydrogen-bond acceptors (Lipinski definition) is 9. The largest absolute Gasteiger partial charge is 0.483 e. The zero-order chi connectivity index (χ0) is 17.1. The van der Waals surface area contributed by atoms with Gasteiger partial charge in [0.05, 0.1) is 6.61 Å². The van der Waals surface area contributed by atoms with Gasteiger partial charge in [-0.05, 0) is 0 Å². The molecule has 0 radical (unpaired) electrons. The van der Waals surface area contributed by atoms with E-state index in [1.807, 2.05) is 0 Å². The number of fused-ring (bicyclic) bond motifs is 1. The van der Waals surface area contributed by atoms with Crippen LogP contribution in [-0.2, 0) is 19.6 Å². The number of carbonyl (C=O) groups excluding carboxylic acids is 2. The minimum absolute atomic E-state index is 0.00152. The van der Waals surface area contributed by atoms with Gasteiger partial charge in [-0.15, -0.1) is 0 Å². The average Bonchev–Trinajstić information content (AvgIpc) is 3.06. The van der Waals surface area contributed by atoms with Gasteiger partial charge in [-0.25, -0.2) is 9.59 Å². The Morgan fingerprint density at radius 1 is 1.33 bits per heavy atom. The number of hydrogen-bond donors (Lipinski definition) is 1. The van der Waals surface area contributed by atoms with Gasteiger partial charge in [0.15, 0.2) is 11.2 Å². The summed E-state index contributed by atoms with van der Waals surface area (Å²) in [6.07, 6.45) is -0.0615. The number of benzene rings is 1. The lowest BCUT2D eigenvalue weighted by molar-refractivity contribution is 0.0523. The second-order valence-electron chi connectivity index (χ2n) is 5.25. The van der Waals surface area contributed by atoms with Gasteiger partial charge in [0.1, 0.15) is 36.2 Å². The molecule has 0 amide bonds. The second kappa shape index (κ2) is 5.06. The van der Waals surface area contributed by atoms with Crippen LogP contribution in [0.15, 0.2) is 4.42 Å². The van der Waals surface area contributed by atoms with Crippen LogP contribution in [0.2, 0.25) is 0 Å². The molecule has 4 heterocycles. The third kappa shape index (κ3) is 2.46. The summed E-state index contributed by atoms with van der Waals surface area (Å²) in [6, 6.07) is 0. The zero-order valence-electron chi connectivity index (χ0n) is 11.9. The first-order valence-corrected chi connectivity index (χ1v) is 8.46. The third-order valence-corrected chi connectivity index (χ3v) is 4.20. The maximum absolute atomic E-state index is 12.2. The Balaban J connectivity index is 1.60. The Bertz CT molecular complexity index is 936. The lowest BCUT2D eigenvalue weighted by Crippen LogP contribution is -2.16. The molecular weight excluding hydrogens is 348 g/mol. The van der Waals surface area contributed by atoms with E-state index in [-0.39, 0.29) is 46.5 Å². The smallest absolute Gasteiger partial charge is 0.348 e. The van der Waals surface area contributed by atoms with Crippen molar-refractivity contribution in [1.29, 1.82) is 0 Å². The van der Waals surface area contributed by atoms with E-state index in [2.05, 4.69) is 0 Å². The fourth-order valence-corrected chi connectivity index (χ4v) is 2.66. The summed E-state index contributed by atoms with van der Waals surface area (Å²) >= 11 is 0. The molecule has 2 aliphatic heterocycles. The number of carbonyl (C=O) groups is 2. The number of ether oxygens (including phenoxy) is 4. The van der Waals surface area contributed by atoms with E-state index >= 15 is 0 Å². The maximum atomic E-state index is 12.2. The van der Waals surface area contributed by atoms with Gasteiger partial charge in [-0.2, -0.15) is 8.42 Å². The Labute approximate surface area is 134 Å². The number of esters is 2. The molecule has 2 aromatic rings. The fourth-order valence-electron chi connectivity index (χ4n) is 2.37. The Kier molecular flexibility index (Phi) is 3.20. The molecule has 1 unspecified atom stereocenters. The van der Waals surface area contributed by atoms with Crippen molar-refractivity contribution in [2.24, 2.45) is 0 Å². The molecule has 10 nitrogen and oxygen atoms in total. The monoisotopic (exact) mass is 358 g/mol. The van der Waals surface area contributed by atoms with E-state index in [9.17, 15) is 18.0 Å². The highest BCUT2D eigenvalue weighted by Gasteiger charge is 2.43. The molecule has 0 spiro atoms. The van der Waals surface area contributed by atoms with Crippen LogP contribution in [-0.4, -0.2) is 56.6 Å². The van der Waals surface area contributed by atoms with E-state index in [1.54, 1.807) is 0 Å². The van der Waals surface area contributed by atoms with Crippen LogP contribution in [0.25, 0.3) is 11.2 Å². The van der Waals surface area contributed by atoms with Crippen molar-refractivity contribution >= 4 is 33.2 Å². The summed E-state index contributed by atoms with van der Waals surface area (Å²) < 4.78 is 55.6. The SMILES string of the molecule is O=C(OCCS(=O)(=O)O)c1c2c3oc1c(OCC1CO1)c3OC2=O. The topological polar surface area (TPSA) is 142 Å². The summed E-state index contributed by atoms with van der Waals surface area (Å²) in [7, 11) is -4.27. The van der Waals surface area contributed by atoms with Crippen molar-refractivity contribution in [3.8, 4) is 11.5 Å². The Morgan fingerprint density at radius 2 is 2.08 bits per heavy atom. The summed E-state index contributed by atoms with van der Waals surface area (Å²) in [5.74, 6) is -2.29. The normalized spacial score (nSPS) is 18.9. The van der Waals surface area contributed by atoms with Gasteiger partial charge in [-0.3, -0.25) is 4.55 Å². The highest BCUT2D eigenvalue weighted by Crippen LogP contribution is 2.52. The van der Waals surface area contributed by atoms with Crippen LogP contribution in [0, 0.1) is 0 Å². The quantitative estimate of drug-likeness (QED) is 0.415. The second-order valence-corrected chi connectivity index (χ2v) is 6.82. The number of epoxide rings is 1. The molecule has 0 saturated carbocycles. The molecule has 1 saturated heterocycles. The highest BCUT2D eigenvalue weighted by atomic mass is 32.2. The van der Waals surface area contributed by atoms with Crippen LogP contribution in [0.3, 0.4) is 0 Å². The van der Waals surface area contributed by atoms with Crippen LogP contribution in [0.1, 0.15) is 20.7 Å².